The Hall–Kier alpha value is -0.450. The monoisotopic (exact) mass is 384 g/mol. The number of carbonyl (C=O) groups excluding carboxylic acids is 2. The van der Waals surface area contributed by atoms with Gasteiger partial charge >= 0.3 is 29.6 Å². The number of nitrogens with one attached hydrogen (secondary N) is 1. The molecule has 0 spiro atoms. The molecule has 7 nitrogen and oxygen atoms in total. The van der Waals surface area contributed by atoms with Crippen LogP contribution in [0.25, 0.3) is 0 Å². The number of hydrogen-bond acceptors (Lipinski definition) is 5. The normalized spacial score (nSPS) is 19.2. The third kappa shape index (κ3) is 4.27. The van der Waals surface area contributed by atoms with Gasteiger partial charge in [-0.2, -0.15) is 0 Å². The van der Waals surface area contributed by atoms with Gasteiger partial charge in [0.15, 0.2) is 10.3 Å². The van der Waals surface area contributed by atoms with Crippen molar-refractivity contribution in [3.05, 3.63) is 35.9 Å². The minimum Gasteiger partial charge on any atom is -0.731 e. The number of amides is 2. The van der Waals surface area contributed by atoms with Gasteiger partial charge in [0.1, 0.15) is 10.9 Å². The number of halogens is 1. The zero-order chi connectivity index (χ0) is 14.9. The quantitative estimate of drug-likeness (QED) is 0.256. The summed E-state index contributed by atoms with van der Waals surface area (Å²) in [5.74, 6) is -1.39. The molecule has 2 atom stereocenters. The minimum atomic E-state index is -4.79. The molecular formula is C11H10BrN2NaO5S. The van der Waals surface area contributed by atoms with Crippen LogP contribution in [0.5, 0.6) is 0 Å². The van der Waals surface area contributed by atoms with Crippen LogP contribution < -0.4 is 34.9 Å². The molecule has 108 valence electrons. The fraction of sp³-hybridized carbons (Fsp3) is 0.273. The number of alkyl halides is 1. The van der Waals surface area contributed by atoms with Crippen LogP contribution in [-0.4, -0.2) is 41.7 Å². The number of β-lactam (4-membered cyclic amide) rings is 1. The van der Waals surface area contributed by atoms with Crippen LogP contribution >= 0.6 is 15.9 Å². The largest absolute Gasteiger partial charge is 1.00 e. The summed E-state index contributed by atoms with van der Waals surface area (Å²) in [5.41, 5.74) is 0.699. The predicted octanol–water partition coefficient (Wildman–Crippen LogP) is -3.09. The van der Waals surface area contributed by atoms with Gasteiger partial charge in [-0.15, -0.1) is 0 Å². The molecule has 21 heavy (non-hydrogen) atoms. The first kappa shape index (κ1) is 18.6. The Balaban J connectivity index is 0.00000220. The van der Waals surface area contributed by atoms with Crippen LogP contribution in [-0.2, 0) is 19.9 Å². The number of hydrogen-bond donors (Lipinski definition) is 1. The summed E-state index contributed by atoms with van der Waals surface area (Å²) in [4.78, 5) is 22.7. The van der Waals surface area contributed by atoms with Crippen LogP contribution in [0.15, 0.2) is 30.3 Å². The van der Waals surface area contributed by atoms with E-state index in [1.54, 1.807) is 30.3 Å². The Bertz CT molecular complexity index is 639. The molecule has 0 bridgehead atoms. The van der Waals surface area contributed by atoms with Crippen LogP contribution in [0.3, 0.4) is 0 Å². The van der Waals surface area contributed by atoms with E-state index in [9.17, 15) is 22.6 Å². The molecule has 1 N–H and O–H groups in total. The molecule has 1 saturated heterocycles. The molecule has 1 aliphatic heterocycles. The Labute approximate surface area is 152 Å². The van der Waals surface area contributed by atoms with Gasteiger partial charge in [0.05, 0.1) is 6.54 Å². The molecule has 2 rings (SSSR count). The maximum absolute atomic E-state index is 11.9. The first-order chi connectivity index (χ1) is 9.30. The van der Waals surface area contributed by atoms with Crippen LogP contribution in [0.1, 0.15) is 10.4 Å². The van der Waals surface area contributed by atoms with E-state index in [0.29, 0.717) is 5.56 Å². The fourth-order valence-electron chi connectivity index (χ4n) is 1.72. The summed E-state index contributed by atoms with van der Waals surface area (Å²) in [7, 11) is -4.79. The SMILES string of the molecule is O=C(NC1CN(S(=O)(=O)[O-])C1=O)C(Br)c1ccccc1.[Na+]. The van der Waals surface area contributed by atoms with Crippen molar-refractivity contribution in [3.8, 4) is 0 Å². The molecule has 10 heteroatoms. The molecule has 0 saturated carbocycles. The van der Waals surface area contributed by atoms with Crippen LogP contribution in [0, 0.1) is 0 Å². The van der Waals surface area contributed by atoms with E-state index in [2.05, 4.69) is 21.2 Å². The molecule has 1 aliphatic rings. The Morgan fingerprint density at radius 2 is 1.95 bits per heavy atom. The van der Waals surface area contributed by atoms with Gasteiger partial charge in [-0.05, 0) is 5.56 Å². The molecule has 1 aromatic carbocycles. The van der Waals surface area contributed by atoms with E-state index in [1.807, 2.05) is 0 Å². The van der Waals surface area contributed by atoms with Gasteiger partial charge in [-0.1, -0.05) is 46.3 Å². The van der Waals surface area contributed by atoms with Crippen molar-refractivity contribution in [2.24, 2.45) is 0 Å². The maximum atomic E-state index is 11.9. The smallest absolute Gasteiger partial charge is 0.731 e. The minimum absolute atomic E-state index is 0. The molecule has 1 fully saturated rings. The Morgan fingerprint density at radius 1 is 1.38 bits per heavy atom. The van der Waals surface area contributed by atoms with Gasteiger partial charge in [0.2, 0.25) is 5.91 Å². The summed E-state index contributed by atoms with van der Waals surface area (Å²) in [6.07, 6.45) is 0. The van der Waals surface area contributed by atoms with Crippen molar-refractivity contribution in [1.82, 2.24) is 9.62 Å². The molecular weight excluding hydrogens is 375 g/mol. The van der Waals surface area contributed by atoms with Crippen molar-refractivity contribution in [1.29, 1.82) is 0 Å². The van der Waals surface area contributed by atoms with Crippen LogP contribution in [0.2, 0.25) is 0 Å². The van der Waals surface area contributed by atoms with Crippen molar-refractivity contribution in [2.45, 2.75) is 10.9 Å². The van der Waals surface area contributed by atoms with Gasteiger partial charge in [0.25, 0.3) is 5.91 Å². The average Bonchev–Trinajstić information content (AvgIpc) is 2.41. The fourth-order valence-corrected chi connectivity index (χ4v) is 2.84. The molecule has 2 amide bonds. The van der Waals surface area contributed by atoms with E-state index in [0.717, 1.165) is 0 Å². The summed E-state index contributed by atoms with van der Waals surface area (Å²) in [5, 5.41) is 2.39. The van der Waals surface area contributed by atoms with E-state index >= 15 is 0 Å². The molecule has 0 aromatic heterocycles. The zero-order valence-electron chi connectivity index (χ0n) is 11.0. The zero-order valence-corrected chi connectivity index (χ0v) is 15.4. The van der Waals surface area contributed by atoms with E-state index in [-0.39, 0.29) is 40.4 Å². The van der Waals surface area contributed by atoms with Crippen molar-refractivity contribution < 1.29 is 52.1 Å². The molecule has 1 aromatic rings. The van der Waals surface area contributed by atoms with Crippen molar-refractivity contribution in [3.63, 3.8) is 0 Å². The second-order valence-electron chi connectivity index (χ2n) is 4.16. The molecule has 0 aliphatic carbocycles. The van der Waals surface area contributed by atoms with Crippen LogP contribution in [0.4, 0.5) is 0 Å². The molecule has 2 unspecified atom stereocenters. The predicted molar refractivity (Wildman–Crippen MR) is 71.5 cm³/mol. The number of carbonyl (C=O) groups is 2. The summed E-state index contributed by atoms with van der Waals surface area (Å²) in [6.45, 7) is -0.328. The third-order valence-corrected chi connectivity index (χ3v) is 4.61. The van der Waals surface area contributed by atoms with E-state index in [4.69, 9.17) is 0 Å². The third-order valence-electron chi connectivity index (χ3n) is 2.80. The second kappa shape index (κ2) is 7.21. The van der Waals surface area contributed by atoms with Crippen molar-refractivity contribution >= 4 is 38.0 Å². The molecule has 0 radical (unpaired) electrons. The molecule has 1 heterocycles. The van der Waals surface area contributed by atoms with Gasteiger partial charge < -0.3 is 9.87 Å². The Kier molecular flexibility index (Phi) is 6.38. The van der Waals surface area contributed by atoms with E-state index in [1.165, 1.54) is 0 Å². The van der Waals surface area contributed by atoms with E-state index < -0.39 is 33.0 Å². The summed E-state index contributed by atoms with van der Waals surface area (Å²) >= 11 is 3.19. The average molecular weight is 385 g/mol. The van der Waals surface area contributed by atoms with Gasteiger partial charge in [-0.3, -0.25) is 9.59 Å². The first-order valence-electron chi connectivity index (χ1n) is 5.57. The topological polar surface area (TPSA) is 107 Å². The first-order valence-corrected chi connectivity index (χ1v) is 7.85. The number of rotatable bonds is 4. The Morgan fingerprint density at radius 3 is 2.43 bits per heavy atom. The second-order valence-corrected chi connectivity index (χ2v) is 6.37. The maximum Gasteiger partial charge on any atom is 1.00 e. The van der Waals surface area contributed by atoms with Gasteiger partial charge in [0, 0.05) is 0 Å². The van der Waals surface area contributed by atoms with Crippen molar-refractivity contribution in [2.75, 3.05) is 6.54 Å². The summed E-state index contributed by atoms with van der Waals surface area (Å²) < 4.78 is 32.1. The van der Waals surface area contributed by atoms with Gasteiger partial charge in [-0.25, -0.2) is 12.7 Å². The summed E-state index contributed by atoms with van der Waals surface area (Å²) in [6, 6.07) is 7.81. The number of nitrogens with zero attached hydrogens (tertiary/aromatic N) is 1. The number of benzene rings is 1. The standard InChI is InChI=1S/C11H11BrN2O5S.Na/c12-9(7-4-2-1-3-5-7)10(15)13-8-6-14(11(8)16)20(17,18)19;/h1-5,8-9H,6H2,(H,13,15)(H,17,18,19);/q;+1/p-1.